The zero-order valence-electron chi connectivity index (χ0n) is 15.0. The second kappa shape index (κ2) is 8.40. The van der Waals surface area contributed by atoms with Crippen LogP contribution in [0.25, 0.3) is 0 Å². The van der Waals surface area contributed by atoms with Gasteiger partial charge in [0.15, 0.2) is 0 Å². The molecule has 28 heavy (non-hydrogen) atoms. The van der Waals surface area contributed by atoms with Crippen molar-refractivity contribution in [2.45, 2.75) is 51.6 Å². The summed E-state index contributed by atoms with van der Waals surface area (Å²) < 4.78 is 65.7. The van der Waals surface area contributed by atoms with Crippen LogP contribution in [-0.2, 0) is 35.5 Å². The Morgan fingerprint density at radius 1 is 0.857 bits per heavy atom. The molecule has 2 N–H and O–H groups in total. The van der Waals surface area contributed by atoms with Gasteiger partial charge in [-0.3, -0.25) is 9.59 Å². The van der Waals surface area contributed by atoms with Crippen molar-refractivity contribution in [1.82, 2.24) is 20.6 Å². The Balaban J connectivity index is 1.97. The molecule has 2 rings (SSSR count). The van der Waals surface area contributed by atoms with E-state index in [0.29, 0.717) is 24.4 Å². The van der Waals surface area contributed by atoms with E-state index in [1.165, 1.54) is 12.4 Å². The van der Waals surface area contributed by atoms with E-state index < -0.39 is 36.7 Å². The number of carbonyl (C=O) groups excluding carboxylic acids is 2. The van der Waals surface area contributed by atoms with Crippen LogP contribution >= 0.6 is 0 Å². The van der Waals surface area contributed by atoms with Crippen molar-refractivity contribution in [2.24, 2.45) is 0 Å². The number of carbonyl (C=O) groups is 2. The maximum absolute atomic E-state index is 13.9. The molecule has 0 radical (unpaired) electrons. The van der Waals surface area contributed by atoms with Crippen molar-refractivity contribution in [1.29, 1.82) is 0 Å². The predicted molar refractivity (Wildman–Crippen MR) is 85.3 cm³/mol. The van der Waals surface area contributed by atoms with Crippen LogP contribution in [0.5, 0.6) is 0 Å². The average molecular weight is 406 g/mol. The standard InChI is InChI=1S/C16H18F4N4O4/c1-3-9-5-21-11(27-9)7-23-13(25)15(17,18)16(19,20)14(26)24-8-12-22-6-10(4-2)28-12/h5-6H,3-4,7-8H2,1-2H3,(H,23,25)(H,24,26). The Labute approximate surface area is 156 Å². The first-order valence-electron chi connectivity index (χ1n) is 8.31. The van der Waals surface area contributed by atoms with Gasteiger partial charge in [-0.05, 0) is 0 Å². The van der Waals surface area contributed by atoms with Crippen LogP contribution in [-0.4, -0.2) is 33.6 Å². The lowest BCUT2D eigenvalue weighted by atomic mass is 10.1. The van der Waals surface area contributed by atoms with E-state index in [1.54, 1.807) is 24.5 Å². The molecule has 0 aliphatic carbocycles. The Hall–Kier alpha value is -2.92. The summed E-state index contributed by atoms with van der Waals surface area (Å²) in [5, 5.41) is 3.17. The van der Waals surface area contributed by atoms with E-state index >= 15 is 0 Å². The second-order valence-corrected chi connectivity index (χ2v) is 5.66. The molecule has 0 aromatic carbocycles. The third-order valence-electron chi connectivity index (χ3n) is 3.66. The fraction of sp³-hybridized carbons (Fsp3) is 0.500. The monoisotopic (exact) mass is 406 g/mol. The quantitative estimate of drug-likeness (QED) is 0.617. The Morgan fingerprint density at radius 3 is 1.50 bits per heavy atom. The van der Waals surface area contributed by atoms with Crippen molar-refractivity contribution in [2.75, 3.05) is 0 Å². The summed E-state index contributed by atoms with van der Waals surface area (Å²) in [6.45, 7) is 2.22. The van der Waals surface area contributed by atoms with Crippen molar-refractivity contribution in [3.63, 3.8) is 0 Å². The molecule has 0 saturated heterocycles. The van der Waals surface area contributed by atoms with Crippen LogP contribution in [0.1, 0.15) is 37.1 Å². The van der Waals surface area contributed by atoms with Gasteiger partial charge < -0.3 is 19.5 Å². The molecule has 8 nitrogen and oxygen atoms in total. The first-order chi connectivity index (χ1) is 13.1. The molecular weight excluding hydrogens is 388 g/mol. The molecule has 0 spiro atoms. The van der Waals surface area contributed by atoms with Gasteiger partial charge in [-0.25, -0.2) is 9.97 Å². The molecule has 0 aliphatic rings. The van der Waals surface area contributed by atoms with E-state index in [4.69, 9.17) is 8.83 Å². The number of halogens is 4. The SMILES string of the molecule is CCc1cnc(CNC(=O)C(F)(F)C(F)(F)C(=O)NCc2ncc(CC)o2)o1. The van der Waals surface area contributed by atoms with Crippen LogP contribution in [0.3, 0.4) is 0 Å². The minimum Gasteiger partial charge on any atom is -0.444 e. The summed E-state index contributed by atoms with van der Waals surface area (Å²) in [7, 11) is 0. The topological polar surface area (TPSA) is 110 Å². The van der Waals surface area contributed by atoms with Crippen LogP contribution in [0.4, 0.5) is 17.6 Å². The Bertz CT molecular complexity index is 766. The number of rotatable bonds is 9. The highest BCUT2D eigenvalue weighted by molar-refractivity contribution is 5.94. The molecule has 2 heterocycles. The molecule has 2 aromatic rings. The first kappa shape index (κ1) is 21.4. The summed E-state index contributed by atoms with van der Waals surface area (Å²) >= 11 is 0. The molecule has 0 fully saturated rings. The third kappa shape index (κ3) is 4.49. The van der Waals surface area contributed by atoms with Crippen molar-refractivity contribution in [3.8, 4) is 0 Å². The molecule has 2 amide bonds. The summed E-state index contributed by atoms with van der Waals surface area (Å²) in [5.41, 5.74) is 0. The molecule has 0 aliphatic heterocycles. The van der Waals surface area contributed by atoms with Crippen molar-refractivity contribution < 1.29 is 36.0 Å². The third-order valence-corrected chi connectivity index (χ3v) is 3.66. The van der Waals surface area contributed by atoms with Gasteiger partial charge in [0, 0.05) is 12.8 Å². The highest BCUT2D eigenvalue weighted by Crippen LogP contribution is 2.34. The van der Waals surface area contributed by atoms with Gasteiger partial charge in [-0.15, -0.1) is 0 Å². The minimum atomic E-state index is -5.30. The number of aryl methyl sites for hydroxylation is 2. The van der Waals surface area contributed by atoms with Gasteiger partial charge in [0.25, 0.3) is 11.8 Å². The number of nitrogens with zero attached hydrogens (tertiary/aromatic N) is 2. The van der Waals surface area contributed by atoms with E-state index in [-0.39, 0.29) is 11.8 Å². The van der Waals surface area contributed by atoms with E-state index in [2.05, 4.69) is 9.97 Å². The normalized spacial score (nSPS) is 12.1. The van der Waals surface area contributed by atoms with E-state index in [9.17, 15) is 27.2 Å². The number of hydrogen-bond donors (Lipinski definition) is 2. The second-order valence-electron chi connectivity index (χ2n) is 5.66. The highest BCUT2D eigenvalue weighted by atomic mass is 19.3. The summed E-state index contributed by atoms with van der Waals surface area (Å²) in [6.07, 6.45) is 3.57. The molecule has 2 aromatic heterocycles. The number of hydrogen-bond acceptors (Lipinski definition) is 6. The number of amides is 2. The molecule has 0 saturated carbocycles. The molecule has 0 unspecified atom stereocenters. The van der Waals surface area contributed by atoms with Crippen LogP contribution < -0.4 is 10.6 Å². The molecular formula is C16H18F4N4O4. The van der Waals surface area contributed by atoms with Gasteiger partial charge in [0.05, 0.1) is 25.5 Å². The smallest absolute Gasteiger partial charge is 0.395 e. The van der Waals surface area contributed by atoms with Crippen molar-refractivity contribution in [3.05, 3.63) is 35.7 Å². The molecule has 12 heteroatoms. The van der Waals surface area contributed by atoms with Crippen LogP contribution in [0, 0.1) is 0 Å². The largest absolute Gasteiger partial charge is 0.444 e. The van der Waals surface area contributed by atoms with Gasteiger partial charge in [0.1, 0.15) is 11.5 Å². The van der Waals surface area contributed by atoms with Gasteiger partial charge >= 0.3 is 11.8 Å². The average Bonchev–Trinajstić information content (AvgIpc) is 3.32. The van der Waals surface area contributed by atoms with Gasteiger partial charge in [-0.2, -0.15) is 17.6 Å². The highest BCUT2D eigenvalue weighted by Gasteiger charge is 2.66. The molecule has 0 bridgehead atoms. The summed E-state index contributed by atoms with van der Waals surface area (Å²) in [6, 6.07) is 0. The van der Waals surface area contributed by atoms with Crippen LogP contribution in [0.15, 0.2) is 21.2 Å². The summed E-state index contributed by atoms with van der Waals surface area (Å²) in [4.78, 5) is 30.5. The zero-order valence-corrected chi connectivity index (χ0v) is 15.0. The number of aromatic nitrogens is 2. The van der Waals surface area contributed by atoms with Crippen molar-refractivity contribution >= 4 is 11.8 Å². The lowest BCUT2D eigenvalue weighted by Gasteiger charge is -2.24. The van der Waals surface area contributed by atoms with Crippen LogP contribution in [0.2, 0.25) is 0 Å². The minimum absolute atomic E-state index is 0.135. The number of alkyl halides is 4. The number of oxazole rings is 2. The van der Waals surface area contributed by atoms with Gasteiger partial charge in [-0.1, -0.05) is 13.8 Å². The van der Waals surface area contributed by atoms with E-state index in [0.717, 1.165) is 0 Å². The molecule has 0 atom stereocenters. The fourth-order valence-corrected chi connectivity index (χ4v) is 2.01. The molecule has 154 valence electrons. The van der Waals surface area contributed by atoms with Gasteiger partial charge in [0.2, 0.25) is 11.8 Å². The lowest BCUT2D eigenvalue weighted by Crippen LogP contribution is -2.59. The van der Waals surface area contributed by atoms with E-state index in [1.807, 2.05) is 0 Å². The summed E-state index contributed by atoms with van der Waals surface area (Å²) in [5.74, 6) is -14.7. The number of nitrogens with one attached hydrogen (secondary N) is 2. The Morgan fingerprint density at radius 2 is 1.21 bits per heavy atom. The Kier molecular flexibility index (Phi) is 6.41. The maximum atomic E-state index is 13.9. The first-order valence-corrected chi connectivity index (χ1v) is 8.31. The zero-order chi connectivity index (χ0) is 20.9. The maximum Gasteiger partial charge on any atom is 0.395 e. The fourth-order valence-electron chi connectivity index (χ4n) is 2.01. The lowest BCUT2D eigenvalue weighted by molar-refractivity contribution is -0.211. The predicted octanol–water partition coefficient (Wildman–Crippen LogP) is 1.99.